The molecular formula is C63H37N5S2. The van der Waals surface area contributed by atoms with Gasteiger partial charge in [0.25, 0.3) is 0 Å². The highest BCUT2D eigenvalue weighted by atomic mass is 32.1. The molecule has 0 spiro atoms. The fourth-order valence-electron chi connectivity index (χ4n) is 9.89. The quantitative estimate of drug-likeness (QED) is 0.149. The molecule has 0 fully saturated rings. The summed E-state index contributed by atoms with van der Waals surface area (Å²) >= 11 is 3.62. The molecule has 5 aromatic heterocycles. The van der Waals surface area contributed by atoms with Gasteiger partial charge < -0.3 is 0 Å². The second-order valence-electron chi connectivity index (χ2n) is 17.6. The minimum Gasteiger partial charge on any atom is -0.245 e. The van der Waals surface area contributed by atoms with Crippen molar-refractivity contribution in [2.45, 2.75) is 0 Å². The van der Waals surface area contributed by atoms with Crippen LogP contribution >= 0.6 is 22.7 Å². The fraction of sp³-hybridized carbons (Fsp3) is 0. The van der Waals surface area contributed by atoms with E-state index in [4.69, 9.17) is 24.9 Å². The number of nitrogens with zero attached hydrogens (tertiary/aromatic N) is 5. The van der Waals surface area contributed by atoms with Crippen molar-refractivity contribution in [1.82, 2.24) is 24.9 Å². The summed E-state index contributed by atoms with van der Waals surface area (Å²) < 4.78 is 4.95. The first-order valence-electron chi connectivity index (χ1n) is 23.3. The van der Waals surface area contributed by atoms with E-state index in [9.17, 15) is 0 Å². The van der Waals surface area contributed by atoms with Crippen LogP contribution in [0.1, 0.15) is 0 Å². The number of fused-ring (bicyclic) bond motifs is 9. The molecule has 14 rings (SSSR count). The highest BCUT2D eigenvalue weighted by Gasteiger charge is 2.19. The fourth-order valence-corrected chi connectivity index (χ4v) is 12.2. The van der Waals surface area contributed by atoms with Crippen LogP contribution in [-0.4, -0.2) is 24.9 Å². The van der Waals surface area contributed by atoms with Crippen molar-refractivity contribution >= 4 is 84.8 Å². The molecule has 0 bridgehead atoms. The zero-order valence-electron chi connectivity index (χ0n) is 37.4. The number of benzene rings is 9. The van der Waals surface area contributed by atoms with E-state index in [-0.39, 0.29) is 0 Å². The van der Waals surface area contributed by atoms with E-state index in [1.807, 2.05) is 35.6 Å². The summed E-state index contributed by atoms with van der Waals surface area (Å²) in [5.41, 5.74) is 13.0. The first kappa shape index (κ1) is 40.3. The van der Waals surface area contributed by atoms with Crippen LogP contribution in [0.2, 0.25) is 0 Å². The largest absolute Gasteiger partial charge is 0.245 e. The number of hydrogen-bond acceptors (Lipinski definition) is 7. The van der Waals surface area contributed by atoms with E-state index in [1.54, 1.807) is 11.3 Å². The lowest BCUT2D eigenvalue weighted by atomic mass is 9.92. The average molecular weight is 928 g/mol. The molecule has 0 atom stereocenters. The predicted molar refractivity (Wildman–Crippen MR) is 294 cm³/mol. The van der Waals surface area contributed by atoms with E-state index in [0.717, 1.165) is 77.7 Å². The lowest BCUT2D eigenvalue weighted by Crippen LogP contribution is -2.00. The molecule has 0 aliphatic carbocycles. The lowest BCUT2D eigenvalue weighted by Gasteiger charge is -2.14. The van der Waals surface area contributed by atoms with Crippen molar-refractivity contribution in [2.75, 3.05) is 0 Å². The van der Waals surface area contributed by atoms with Gasteiger partial charge in [-0.05, 0) is 76.9 Å². The molecule has 0 radical (unpaired) electrons. The van der Waals surface area contributed by atoms with Gasteiger partial charge in [0.2, 0.25) is 0 Å². The van der Waals surface area contributed by atoms with Gasteiger partial charge in [-0.1, -0.05) is 170 Å². The molecule has 9 aromatic carbocycles. The molecule has 326 valence electrons. The van der Waals surface area contributed by atoms with E-state index in [1.165, 1.54) is 45.9 Å². The minimum atomic E-state index is 0.621. The van der Waals surface area contributed by atoms with Gasteiger partial charge in [-0.2, -0.15) is 0 Å². The second kappa shape index (κ2) is 16.5. The van der Waals surface area contributed by atoms with Crippen molar-refractivity contribution in [2.24, 2.45) is 0 Å². The van der Waals surface area contributed by atoms with Gasteiger partial charge in [0.15, 0.2) is 17.5 Å². The monoisotopic (exact) mass is 927 g/mol. The summed E-state index contributed by atoms with van der Waals surface area (Å²) in [6, 6.07) is 79.3. The van der Waals surface area contributed by atoms with Gasteiger partial charge in [-0.3, -0.25) is 0 Å². The molecule has 7 heteroatoms. The van der Waals surface area contributed by atoms with Gasteiger partial charge in [0, 0.05) is 78.9 Å². The molecule has 5 heterocycles. The molecule has 0 N–H and O–H groups in total. The van der Waals surface area contributed by atoms with E-state index < -0.39 is 0 Å². The molecular weight excluding hydrogens is 891 g/mol. The summed E-state index contributed by atoms with van der Waals surface area (Å²) in [6.45, 7) is 0. The maximum atomic E-state index is 5.45. The van der Waals surface area contributed by atoms with Crippen LogP contribution in [0.15, 0.2) is 224 Å². The third-order valence-electron chi connectivity index (χ3n) is 13.3. The number of rotatable bonds is 7. The molecule has 14 aromatic rings. The second-order valence-corrected chi connectivity index (χ2v) is 19.7. The van der Waals surface area contributed by atoms with Gasteiger partial charge in [0.05, 0.1) is 22.4 Å². The van der Waals surface area contributed by atoms with Crippen LogP contribution in [0.3, 0.4) is 0 Å². The Balaban J connectivity index is 0.924. The number of aromatic nitrogens is 5. The molecule has 0 aliphatic rings. The Bertz CT molecular complexity index is 4350. The van der Waals surface area contributed by atoms with Crippen LogP contribution in [0, 0.1) is 0 Å². The standard InChI is InChI=1S/C63H37N5S2/c1-3-13-39(14-4-1)52-33-31-40-27-28-41-32-34-53(65-59(41)58(40)64-52)46-36-44(35-45(37-46)47-19-12-24-56-57(47)50-18-8-10-23-55(50)69-56)38-25-29-43(30-26-38)62-66-61(42-15-5-2-6-16-42)67-63(68-62)51-21-11-20-49-48-17-7-9-22-54(48)70-60(49)51/h1-37H. The molecule has 0 saturated heterocycles. The van der Waals surface area contributed by atoms with E-state index in [0.29, 0.717) is 17.5 Å². The highest BCUT2D eigenvalue weighted by Crippen LogP contribution is 2.43. The summed E-state index contributed by atoms with van der Waals surface area (Å²) in [5.74, 6) is 1.91. The Morgan fingerprint density at radius 2 is 0.771 bits per heavy atom. The Morgan fingerprint density at radius 3 is 1.50 bits per heavy atom. The number of pyridine rings is 2. The maximum Gasteiger partial charge on any atom is 0.165 e. The van der Waals surface area contributed by atoms with Crippen LogP contribution in [-0.2, 0) is 0 Å². The van der Waals surface area contributed by atoms with Crippen LogP contribution < -0.4 is 0 Å². The predicted octanol–water partition coefficient (Wildman–Crippen LogP) is 17.4. The van der Waals surface area contributed by atoms with E-state index >= 15 is 0 Å². The number of thiophene rings is 2. The van der Waals surface area contributed by atoms with Crippen molar-refractivity contribution in [3.8, 4) is 78.9 Å². The maximum absolute atomic E-state index is 5.45. The molecule has 0 amide bonds. The van der Waals surface area contributed by atoms with Crippen LogP contribution in [0.25, 0.3) is 141 Å². The van der Waals surface area contributed by atoms with Crippen LogP contribution in [0.5, 0.6) is 0 Å². The average Bonchev–Trinajstić information content (AvgIpc) is 4.02. The lowest BCUT2D eigenvalue weighted by molar-refractivity contribution is 1.08. The first-order valence-corrected chi connectivity index (χ1v) is 24.9. The number of hydrogen-bond donors (Lipinski definition) is 0. The summed E-state index contributed by atoms with van der Waals surface area (Å²) in [6.07, 6.45) is 0. The van der Waals surface area contributed by atoms with Crippen LogP contribution in [0.4, 0.5) is 0 Å². The Morgan fingerprint density at radius 1 is 0.271 bits per heavy atom. The zero-order valence-corrected chi connectivity index (χ0v) is 39.0. The molecule has 70 heavy (non-hydrogen) atoms. The first-order chi connectivity index (χ1) is 34.6. The molecule has 5 nitrogen and oxygen atoms in total. The van der Waals surface area contributed by atoms with E-state index in [2.05, 4.69) is 200 Å². The summed E-state index contributed by atoms with van der Waals surface area (Å²) in [7, 11) is 0. The molecule has 0 aliphatic heterocycles. The van der Waals surface area contributed by atoms with Crippen molar-refractivity contribution in [3.05, 3.63) is 224 Å². The minimum absolute atomic E-state index is 0.621. The van der Waals surface area contributed by atoms with Crippen molar-refractivity contribution < 1.29 is 0 Å². The van der Waals surface area contributed by atoms with Gasteiger partial charge in [-0.15, -0.1) is 22.7 Å². The van der Waals surface area contributed by atoms with Crippen molar-refractivity contribution in [1.29, 1.82) is 0 Å². The Hall–Kier alpha value is -8.75. The zero-order chi connectivity index (χ0) is 46.1. The third kappa shape index (κ3) is 6.94. The summed E-state index contributed by atoms with van der Waals surface area (Å²) in [4.78, 5) is 26.1. The smallest absolute Gasteiger partial charge is 0.165 e. The van der Waals surface area contributed by atoms with Gasteiger partial charge in [0.1, 0.15) is 0 Å². The third-order valence-corrected chi connectivity index (χ3v) is 15.7. The Kier molecular flexibility index (Phi) is 9.50. The van der Waals surface area contributed by atoms with Gasteiger partial charge in [-0.25, -0.2) is 24.9 Å². The topological polar surface area (TPSA) is 64.5 Å². The molecule has 0 saturated carbocycles. The molecule has 0 unspecified atom stereocenters. The highest BCUT2D eigenvalue weighted by molar-refractivity contribution is 7.26. The normalized spacial score (nSPS) is 11.7. The van der Waals surface area contributed by atoms with Crippen molar-refractivity contribution in [3.63, 3.8) is 0 Å². The van der Waals surface area contributed by atoms with Gasteiger partial charge >= 0.3 is 0 Å². The summed E-state index contributed by atoms with van der Waals surface area (Å²) in [5, 5.41) is 7.08. The SMILES string of the molecule is c1ccc(-c2ccc3ccc4ccc(-c5cc(-c6ccc(-c7nc(-c8ccccc8)nc(-c8cccc9c8sc8ccccc89)n7)cc6)cc(-c6cccc7sc8ccccc8c67)c5)nc4c3n2)cc1. The Labute approximate surface area is 410 Å².